The summed E-state index contributed by atoms with van der Waals surface area (Å²) in [5, 5.41) is 6.00. The van der Waals surface area contributed by atoms with Crippen LogP contribution in [0.5, 0.6) is 0 Å². The maximum atomic E-state index is 6.73. The van der Waals surface area contributed by atoms with Crippen molar-refractivity contribution in [2.24, 2.45) is 5.16 Å². The average molecular weight is 80.1 g/mol. The molecule has 0 aliphatic carbocycles. The van der Waals surface area contributed by atoms with Crippen molar-refractivity contribution in [3.05, 3.63) is 0 Å². The summed E-state index contributed by atoms with van der Waals surface area (Å²) in [6, 6.07) is 0. The van der Waals surface area contributed by atoms with Gasteiger partial charge in [-0.25, -0.2) is 0 Å². The lowest BCUT2D eigenvalue weighted by Gasteiger charge is -1.72. The van der Waals surface area contributed by atoms with Gasteiger partial charge < -0.3 is 5.21 Å². The highest BCUT2D eigenvalue weighted by Gasteiger charge is 1.65. The molecule has 0 bridgehead atoms. The van der Waals surface area contributed by atoms with Crippen molar-refractivity contribution in [1.29, 1.82) is 0 Å². The first-order valence-corrected chi connectivity index (χ1v) is 0.906. The van der Waals surface area contributed by atoms with Crippen molar-refractivity contribution in [2.75, 3.05) is 0 Å². The minimum absolute atomic E-state index is 1.09. The Bertz CT molecular complexity index is 162. The molecule has 0 aromatic heterocycles. The van der Waals surface area contributed by atoms with E-state index in [1.807, 2.05) is 0 Å². The Hall–Kier alpha value is -0.530. The lowest BCUT2D eigenvalue weighted by molar-refractivity contribution is 0.318. The van der Waals surface area contributed by atoms with Gasteiger partial charge in [-0.1, -0.05) is 5.16 Å². The largest absolute Gasteiger partial charge is 0.411 e. The molecular weight excluding hydrogens is 66.0 g/mol. The highest BCUT2D eigenvalue weighted by atomic mass is 16.4. The minimum atomic E-state index is -2.85. The van der Waals surface area contributed by atoms with Crippen LogP contribution in [0.3, 0.4) is 0 Å². The third kappa shape index (κ3) is 3.47. The summed E-state index contributed by atoms with van der Waals surface area (Å²) in [6.45, 7) is -5.71. The van der Waals surface area contributed by atoms with Gasteiger partial charge in [0.15, 0.2) is 0 Å². The number of oxime groups is 1. The fraction of sp³-hybridized carbons (Fsp3) is 0.667. The zero-order valence-corrected chi connectivity index (χ0v) is 2.36. The van der Waals surface area contributed by atoms with Crippen molar-refractivity contribution in [3.8, 4) is 0 Å². The van der Waals surface area contributed by atoms with E-state index in [4.69, 9.17) is 9.66 Å². The number of hydrogen-bond donors (Lipinski definition) is 1. The second kappa shape index (κ2) is 1.76. The summed E-state index contributed by atoms with van der Waals surface area (Å²) < 4.78 is 46.5. The van der Waals surface area contributed by atoms with E-state index in [0.29, 0.717) is 0 Å². The van der Waals surface area contributed by atoms with Gasteiger partial charge in [-0.05, 0) is 13.7 Å². The molecule has 5 heavy (non-hydrogen) atoms. The highest BCUT2D eigenvalue weighted by Crippen LogP contribution is 1.62. The molecule has 0 aliphatic rings. The van der Waals surface area contributed by atoms with Gasteiger partial charge in [0.1, 0.15) is 0 Å². The molecule has 1 N–H and O–H groups in total. The molecule has 0 heterocycles. The van der Waals surface area contributed by atoms with E-state index in [1.54, 1.807) is 0 Å². The Morgan fingerprint density at radius 1 is 2.20 bits per heavy atom. The van der Waals surface area contributed by atoms with Crippen LogP contribution in [0.15, 0.2) is 5.16 Å². The molecule has 0 unspecified atom stereocenters. The Labute approximate surface area is 41.0 Å². The van der Waals surface area contributed by atoms with Crippen LogP contribution < -0.4 is 0 Å². The minimum Gasteiger partial charge on any atom is -0.411 e. The van der Waals surface area contributed by atoms with Gasteiger partial charge in [-0.2, -0.15) is 0 Å². The normalized spacial score (nSPS) is 31.6. The van der Waals surface area contributed by atoms with Crippen LogP contribution in [-0.4, -0.2) is 10.9 Å². The van der Waals surface area contributed by atoms with Crippen LogP contribution >= 0.6 is 0 Å². The van der Waals surface area contributed by atoms with Gasteiger partial charge >= 0.3 is 1.43 Å². The molecule has 2 heteroatoms. The average Bonchev–Trinajstić information content (AvgIpc) is 1.77. The SMILES string of the molecule is [2H]ON=C(C([2H])([2H])[2H])C([2H])([2H])[2H]. The van der Waals surface area contributed by atoms with E-state index >= 15 is 0 Å². The Balaban J connectivity index is 4.83. The quantitative estimate of drug-likeness (QED) is 0.283. The zero-order chi connectivity index (χ0) is 9.99. The summed E-state index contributed by atoms with van der Waals surface area (Å²) in [4.78, 5) is 0. The topological polar surface area (TPSA) is 32.6 Å². The molecule has 0 atom stereocenters. The highest BCUT2D eigenvalue weighted by molar-refractivity contribution is 5.78. The van der Waals surface area contributed by atoms with Crippen molar-refractivity contribution < 1.29 is 14.9 Å². The van der Waals surface area contributed by atoms with E-state index in [9.17, 15) is 0 Å². The first-order valence-electron chi connectivity index (χ1n) is 4.31. The second-order valence-electron chi connectivity index (χ2n) is 0.440. The first-order chi connectivity index (χ1) is 5.19. The molecule has 0 rings (SSSR count). The van der Waals surface area contributed by atoms with E-state index < -0.39 is 19.4 Å². The van der Waals surface area contributed by atoms with Gasteiger partial charge in [0.05, 0.1) is 5.71 Å². The molecule has 2 nitrogen and oxygen atoms in total. The van der Waals surface area contributed by atoms with Crippen LogP contribution in [0.2, 0.25) is 1.43 Å². The predicted octanol–water partition coefficient (Wildman–Crippen LogP) is 0.856. The van der Waals surface area contributed by atoms with Gasteiger partial charge in [0.25, 0.3) is 0 Å². The molecule has 0 saturated carbocycles. The predicted molar refractivity (Wildman–Crippen MR) is 20.6 cm³/mol. The summed E-state index contributed by atoms with van der Waals surface area (Å²) >= 11 is 0. The lowest BCUT2D eigenvalue weighted by atomic mass is 10.5. The summed E-state index contributed by atoms with van der Waals surface area (Å²) in [7, 11) is 0. The van der Waals surface area contributed by atoms with E-state index in [0.717, 1.165) is 0 Å². The number of nitrogens with zero attached hydrogens (tertiary/aromatic N) is 1. The fourth-order valence-corrected chi connectivity index (χ4v) is 0. The molecule has 0 fully saturated rings. The molecule has 0 radical (unpaired) electrons. The summed E-state index contributed by atoms with van der Waals surface area (Å²) in [6.07, 6.45) is 0. The molecule has 0 aromatic carbocycles. The lowest BCUT2D eigenvalue weighted by Crippen LogP contribution is -1.74. The Morgan fingerprint density at radius 3 is 3.20 bits per heavy atom. The van der Waals surface area contributed by atoms with Crippen LogP contribution in [-0.2, 0) is 0 Å². The van der Waals surface area contributed by atoms with E-state index in [2.05, 4.69) is 10.4 Å². The van der Waals surface area contributed by atoms with Crippen LogP contribution in [0.1, 0.15) is 21.9 Å². The van der Waals surface area contributed by atoms with E-state index in [-0.39, 0.29) is 0 Å². The third-order valence-corrected chi connectivity index (χ3v) is 0.0913. The standard InChI is InChI=1S/C3H7NO/c1-3(2)4-5/h5H,1-2H3/i1D3,2D3/hD. The van der Waals surface area contributed by atoms with Crippen molar-refractivity contribution in [1.82, 2.24) is 0 Å². The van der Waals surface area contributed by atoms with Crippen LogP contribution in [0.4, 0.5) is 0 Å². The Morgan fingerprint density at radius 2 is 3.00 bits per heavy atom. The summed E-state index contributed by atoms with van der Waals surface area (Å²) in [5.41, 5.74) is -1.09. The smallest absolute Gasteiger partial charge is 0.330 e. The van der Waals surface area contributed by atoms with Crippen molar-refractivity contribution >= 4 is 5.71 Å². The molecule has 0 aliphatic heterocycles. The molecular formula is C3H7NO. The molecule has 0 aromatic rings. The number of rotatable bonds is 1. The molecule has 0 spiro atoms. The number of hydrogen-bond acceptors (Lipinski definition) is 2. The summed E-state index contributed by atoms with van der Waals surface area (Å²) in [5.74, 6) is 0. The van der Waals surface area contributed by atoms with Gasteiger partial charge in [0, 0.05) is 8.22 Å². The Kier molecular flexibility index (Phi) is 0.173. The molecule has 0 saturated heterocycles. The van der Waals surface area contributed by atoms with Crippen LogP contribution in [0, 0.1) is 0 Å². The van der Waals surface area contributed by atoms with Gasteiger partial charge in [-0.15, -0.1) is 0 Å². The second-order valence-corrected chi connectivity index (χ2v) is 0.440. The first kappa shape index (κ1) is 0.491. The van der Waals surface area contributed by atoms with Crippen molar-refractivity contribution in [2.45, 2.75) is 13.7 Å². The van der Waals surface area contributed by atoms with E-state index in [1.165, 1.54) is 0 Å². The zero-order valence-electron chi connectivity index (χ0n) is 9.36. The molecule has 30 valence electrons. The van der Waals surface area contributed by atoms with Gasteiger partial charge in [-0.3, -0.25) is 0 Å². The maximum absolute atomic E-state index is 6.73. The van der Waals surface area contributed by atoms with Crippen molar-refractivity contribution in [3.63, 3.8) is 0 Å². The van der Waals surface area contributed by atoms with Crippen LogP contribution in [0.25, 0.3) is 0 Å². The third-order valence-electron chi connectivity index (χ3n) is 0.0913. The maximum Gasteiger partial charge on any atom is 0.330 e. The molecule has 0 amide bonds. The van der Waals surface area contributed by atoms with Gasteiger partial charge in [0.2, 0.25) is 0 Å². The fourth-order valence-electron chi connectivity index (χ4n) is 0. The monoisotopic (exact) mass is 80.1 g/mol.